The molecular formula is C34H42O6. The van der Waals surface area contributed by atoms with E-state index in [2.05, 4.69) is 26.0 Å². The van der Waals surface area contributed by atoms with Gasteiger partial charge in [0.15, 0.2) is 6.29 Å². The van der Waals surface area contributed by atoms with E-state index in [0.29, 0.717) is 39.3 Å². The zero-order valence-corrected chi connectivity index (χ0v) is 23.8. The lowest BCUT2D eigenvalue weighted by molar-refractivity contribution is -0.291. The highest BCUT2D eigenvalue weighted by atomic mass is 16.7. The van der Waals surface area contributed by atoms with E-state index in [-0.39, 0.29) is 30.0 Å². The van der Waals surface area contributed by atoms with Gasteiger partial charge in [-0.25, -0.2) is 0 Å². The van der Waals surface area contributed by atoms with E-state index in [0.717, 1.165) is 16.7 Å². The maximum absolute atomic E-state index is 12.0. The Morgan fingerprint density at radius 3 is 1.85 bits per heavy atom. The third-order valence-corrected chi connectivity index (χ3v) is 7.03. The summed E-state index contributed by atoms with van der Waals surface area (Å²) in [5.41, 5.74) is 3.25. The molecule has 0 amide bonds. The molecule has 0 aliphatic carbocycles. The van der Waals surface area contributed by atoms with E-state index in [1.54, 1.807) is 6.92 Å². The molecule has 214 valence electrons. The lowest BCUT2D eigenvalue weighted by Gasteiger charge is -2.42. The number of Topliss-reactive ketones (excluding diaryl/α,β-unsaturated/α-hetero) is 1. The number of rotatable bonds is 15. The number of carbonyl (C=O) groups excluding carboxylic acids is 1. The van der Waals surface area contributed by atoms with Gasteiger partial charge in [0, 0.05) is 12.8 Å². The second-order valence-corrected chi connectivity index (χ2v) is 10.8. The first-order valence-electron chi connectivity index (χ1n) is 14.2. The zero-order valence-electron chi connectivity index (χ0n) is 23.8. The van der Waals surface area contributed by atoms with Crippen LogP contribution in [0.3, 0.4) is 0 Å². The Labute approximate surface area is 238 Å². The van der Waals surface area contributed by atoms with Crippen molar-refractivity contribution in [2.45, 2.75) is 84.1 Å². The third-order valence-electron chi connectivity index (χ3n) is 7.03. The Hall–Kier alpha value is -2.87. The number of hydrogen-bond donors (Lipinski definition) is 0. The molecule has 40 heavy (non-hydrogen) atoms. The van der Waals surface area contributed by atoms with Crippen molar-refractivity contribution in [1.82, 2.24) is 0 Å². The van der Waals surface area contributed by atoms with Crippen molar-refractivity contribution < 1.29 is 28.5 Å². The van der Waals surface area contributed by atoms with Crippen LogP contribution in [0.1, 0.15) is 50.3 Å². The molecule has 0 aromatic heterocycles. The Balaban J connectivity index is 1.52. The lowest BCUT2D eigenvalue weighted by atomic mass is 9.99. The molecule has 6 heteroatoms. The average Bonchev–Trinajstić information content (AvgIpc) is 2.96. The predicted octanol–water partition coefficient (Wildman–Crippen LogP) is 6.51. The van der Waals surface area contributed by atoms with Crippen LogP contribution in [0.2, 0.25) is 0 Å². The molecule has 1 fully saturated rings. The molecule has 0 saturated carbocycles. The molecule has 0 bridgehead atoms. The van der Waals surface area contributed by atoms with Gasteiger partial charge in [-0.15, -0.1) is 0 Å². The molecule has 1 aliphatic heterocycles. The standard InChI is InChI=1S/C34H42O6/c1-25(2)30(19-26(3)35)39-33-20-31(37-22-28-15-9-5-10-16-28)34(38-23-29-17-11-6-12-18-29)32(40-33)24-36-21-27-13-7-4-8-14-27/h4-18,25,30-34H,19-24H2,1-3H3/t30-,31+,32+,33-,34-/m0/s1. The van der Waals surface area contributed by atoms with Crippen LogP contribution in [-0.4, -0.2) is 43.1 Å². The quantitative estimate of drug-likeness (QED) is 0.217. The van der Waals surface area contributed by atoms with Crippen LogP contribution in [0.15, 0.2) is 91.0 Å². The van der Waals surface area contributed by atoms with Gasteiger partial charge in [-0.3, -0.25) is 4.79 Å². The summed E-state index contributed by atoms with van der Waals surface area (Å²) in [6.45, 7) is 7.38. The zero-order chi connectivity index (χ0) is 28.2. The van der Waals surface area contributed by atoms with Gasteiger partial charge in [0.1, 0.15) is 18.0 Å². The van der Waals surface area contributed by atoms with Gasteiger partial charge in [0.25, 0.3) is 0 Å². The van der Waals surface area contributed by atoms with Gasteiger partial charge >= 0.3 is 0 Å². The summed E-state index contributed by atoms with van der Waals surface area (Å²) in [7, 11) is 0. The first-order valence-corrected chi connectivity index (χ1v) is 14.2. The van der Waals surface area contributed by atoms with Gasteiger partial charge < -0.3 is 23.7 Å². The largest absolute Gasteiger partial charge is 0.374 e. The molecule has 0 unspecified atom stereocenters. The van der Waals surface area contributed by atoms with E-state index in [1.165, 1.54) is 0 Å². The summed E-state index contributed by atoms with van der Waals surface area (Å²) in [5.74, 6) is 0.259. The first kappa shape index (κ1) is 30.1. The predicted molar refractivity (Wildman–Crippen MR) is 154 cm³/mol. The van der Waals surface area contributed by atoms with Crippen molar-refractivity contribution in [1.29, 1.82) is 0 Å². The second-order valence-electron chi connectivity index (χ2n) is 10.8. The summed E-state index contributed by atoms with van der Waals surface area (Å²) in [6.07, 6.45) is -1.04. The fourth-order valence-electron chi connectivity index (χ4n) is 4.82. The van der Waals surface area contributed by atoms with E-state index in [1.807, 2.05) is 78.9 Å². The van der Waals surface area contributed by atoms with Crippen molar-refractivity contribution in [2.24, 2.45) is 5.92 Å². The molecule has 5 atom stereocenters. The Morgan fingerprint density at radius 1 is 0.800 bits per heavy atom. The van der Waals surface area contributed by atoms with Crippen molar-refractivity contribution in [2.75, 3.05) is 6.61 Å². The summed E-state index contributed by atoms with van der Waals surface area (Å²) in [6, 6.07) is 30.3. The number of benzene rings is 3. The maximum Gasteiger partial charge on any atom is 0.161 e. The minimum atomic E-state index is -0.547. The Bertz CT molecular complexity index is 1120. The highest BCUT2D eigenvalue weighted by Crippen LogP contribution is 2.30. The van der Waals surface area contributed by atoms with E-state index < -0.39 is 12.4 Å². The number of carbonyl (C=O) groups is 1. The second kappa shape index (κ2) is 15.8. The maximum atomic E-state index is 12.0. The monoisotopic (exact) mass is 546 g/mol. The molecule has 4 rings (SSSR count). The molecule has 3 aromatic rings. The van der Waals surface area contributed by atoms with Crippen molar-refractivity contribution in [3.8, 4) is 0 Å². The van der Waals surface area contributed by atoms with Gasteiger partial charge in [0.2, 0.25) is 0 Å². The fraction of sp³-hybridized carbons (Fsp3) is 0.441. The van der Waals surface area contributed by atoms with Gasteiger partial charge in [-0.1, -0.05) is 105 Å². The highest BCUT2D eigenvalue weighted by molar-refractivity contribution is 5.76. The topological polar surface area (TPSA) is 63.2 Å². The van der Waals surface area contributed by atoms with E-state index in [9.17, 15) is 4.79 Å². The van der Waals surface area contributed by atoms with Crippen LogP contribution in [-0.2, 0) is 48.3 Å². The average molecular weight is 547 g/mol. The van der Waals surface area contributed by atoms with E-state index >= 15 is 0 Å². The minimum Gasteiger partial charge on any atom is -0.374 e. The number of hydrogen-bond acceptors (Lipinski definition) is 6. The number of ketones is 1. The SMILES string of the molecule is CC(=O)C[C@H](O[C@@H]1C[C@@H](OCc2ccccc2)[C@H](OCc2ccccc2)[C@@H](COCc2ccccc2)O1)C(C)C. The molecule has 1 aliphatic rings. The van der Waals surface area contributed by atoms with Crippen molar-refractivity contribution >= 4 is 5.78 Å². The van der Waals surface area contributed by atoms with Crippen LogP contribution in [0.5, 0.6) is 0 Å². The Morgan fingerprint density at radius 2 is 1.32 bits per heavy atom. The van der Waals surface area contributed by atoms with Crippen LogP contribution in [0, 0.1) is 5.92 Å². The van der Waals surface area contributed by atoms with Crippen LogP contribution in [0.4, 0.5) is 0 Å². The molecule has 0 radical (unpaired) electrons. The third kappa shape index (κ3) is 9.65. The van der Waals surface area contributed by atoms with Gasteiger partial charge in [0.05, 0.1) is 38.6 Å². The van der Waals surface area contributed by atoms with Crippen LogP contribution < -0.4 is 0 Å². The van der Waals surface area contributed by atoms with Crippen LogP contribution in [0.25, 0.3) is 0 Å². The fourth-order valence-corrected chi connectivity index (χ4v) is 4.82. The van der Waals surface area contributed by atoms with Crippen LogP contribution >= 0.6 is 0 Å². The summed E-state index contributed by atoms with van der Waals surface area (Å²) >= 11 is 0. The van der Waals surface area contributed by atoms with Gasteiger partial charge in [-0.2, -0.15) is 0 Å². The Kier molecular flexibility index (Phi) is 11.9. The normalized spacial score (nSPS) is 21.8. The molecular weight excluding hydrogens is 504 g/mol. The smallest absolute Gasteiger partial charge is 0.161 e. The number of ether oxygens (including phenoxy) is 5. The highest BCUT2D eigenvalue weighted by Gasteiger charge is 2.42. The molecule has 0 spiro atoms. The van der Waals surface area contributed by atoms with Crippen molar-refractivity contribution in [3.05, 3.63) is 108 Å². The van der Waals surface area contributed by atoms with Gasteiger partial charge in [-0.05, 0) is 29.5 Å². The molecule has 0 N–H and O–H groups in total. The van der Waals surface area contributed by atoms with E-state index in [4.69, 9.17) is 23.7 Å². The first-order chi connectivity index (χ1) is 19.5. The lowest BCUT2D eigenvalue weighted by Crippen LogP contribution is -2.53. The van der Waals surface area contributed by atoms with Crippen molar-refractivity contribution in [3.63, 3.8) is 0 Å². The molecule has 6 nitrogen and oxygen atoms in total. The molecule has 1 saturated heterocycles. The molecule has 1 heterocycles. The minimum absolute atomic E-state index is 0.0956. The summed E-state index contributed by atoms with van der Waals surface area (Å²) in [4.78, 5) is 12.0. The summed E-state index contributed by atoms with van der Waals surface area (Å²) < 4.78 is 32.1. The molecule has 3 aromatic carbocycles. The summed E-state index contributed by atoms with van der Waals surface area (Å²) in [5, 5.41) is 0.